The third kappa shape index (κ3) is 8.38. The summed E-state index contributed by atoms with van der Waals surface area (Å²) in [5.41, 5.74) is 3.77. The van der Waals surface area contributed by atoms with Crippen LogP contribution in [0.4, 0.5) is 21.5 Å². The van der Waals surface area contributed by atoms with E-state index in [2.05, 4.69) is 67.9 Å². The number of likely N-dealkylation sites (tertiary alicyclic amines) is 1. The summed E-state index contributed by atoms with van der Waals surface area (Å²) in [6, 6.07) is 17.8. The van der Waals surface area contributed by atoms with Gasteiger partial charge in [0, 0.05) is 75.5 Å². The molecule has 5 aromatic rings. The molecular formula is C48H54FN7O8S. The van der Waals surface area contributed by atoms with E-state index in [0.29, 0.717) is 36.7 Å². The molecule has 3 atom stereocenters. The summed E-state index contributed by atoms with van der Waals surface area (Å²) >= 11 is 0. The monoisotopic (exact) mass is 907 g/mol. The van der Waals surface area contributed by atoms with Crippen molar-refractivity contribution in [1.29, 1.82) is 0 Å². The van der Waals surface area contributed by atoms with Crippen molar-refractivity contribution in [3.05, 3.63) is 106 Å². The Labute approximate surface area is 377 Å². The zero-order valence-corrected chi connectivity index (χ0v) is 37.4. The van der Waals surface area contributed by atoms with E-state index in [1.165, 1.54) is 61.0 Å². The quantitative estimate of drug-likeness (QED) is 0.0851. The van der Waals surface area contributed by atoms with E-state index in [0.717, 1.165) is 63.6 Å². The maximum Gasteiger partial charge on any atom is 0.297 e. The predicted octanol–water partition coefficient (Wildman–Crippen LogP) is 8.48. The van der Waals surface area contributed by atoms with Crippen LogP contribution in [0.3, 0.4) is 0 Å². The second kappa shape index (κ2) is 17.2. The first-order valence-electron chi connectivity index (χ1n) is 22.7. The number of hydrogen-bond donors (Lipinski definition) is 3. The zero-order chi connectivity index (χ0) is 45.0. The standard InChI is InChI=1S/C48H54FN7O8S/c1-29(2)34-6-3-4-7-35(34)36-8-5-9-41(36)55-27-48(28-55)14-16-54(17-15-48)31-10-11-37(43(20-31)64-32-21-38-39(49)25-51-46(38)50-24-32)47(57)53-65(60,61)33-22-42(56(58)59)45-44(23-33)63-26-40(52-45)30-12-18-62-19-13-30/h3-4,6-7,10-11,20-25,29-30,36,40-41,52H,5,8-9,12-19,26-28H2,1-2H3,(H,50,51)(H,53,57)/t36-,40-,41?/m1/s1. The molecule has 342 valence electrons. The van der Waals surface area contributed by atoms with Crippen molar-refractivity contribution in [3.63, 3.8) is 0 Å². The van der Waals surface area contributed by atoms with Crippen LogP contribution in [0.5, 0.6) is 17.2 Å². The van der Waals surface area contributed by atoms with Crippen molar-refractivity contribution in [2.45, 2.75) is 87.6 Å². The van der Waals surface area contributed by atoms with Gasteiger partial charge in [0.25, 0.3) is 21.6 Å². The fraction of sp³-hybridized carbons (Fsp3) is 0.458. The van der Waals surface area contributed by atoms with Gasteiger partial charge in [0.1, 0.15) is 29.6 Å². The van der Waals surface area contributed by atoms with Crippen molar-refractivity contribution in [2.75, 3.05) is 56.2 Å². The van der Waals surface area contributed by atoms with E-state index >= 15 is 0 Å². The van der Waals surface area contributed by atoms with Crippen LogP contribution in [0.25, 0.3) is 11.0 Å². The number of nitro benzene ring substituents is 1. The molecule has 65 heavy (non-hydrogen) atoms. The van der Waals surface area contributed by atoms with Gasteiger partial charge >= 0.3 is 0 Å². The van der Waals surface area contributed by atoms with Crippen LogP contribution >= 0.6 is 0 Å². The third-order valence-electron chi connectivity index (χ3n) is 14.5. The number of amides is 1. The van der Waals surface area contributed by atoms with Crippen LogP contribution in [0.15, 0.2) is 78.0 Å². The van der Waals surface area contributed by atoms with Gasteiger partial charge in [-0.2, -0.15) is 0 Å². The number of nitrogens with zero attached hydrogens (tertiary/aromatic N) is 4. The number of nitrogens with one attached hydrogen (secondary N) is 3. The fourth-order valence-electron chi connectivity index (χ4n) is 11.0. The van der Waals surface area contributed by atoms with Crippen LogP contribution in [-0.4, -0.2) is 92.2 Å². The van der Waals surface area contributed by atoms with E-state index in [1.807, 2.05) is 0 Å². The van der Waals surface area contributed by atoms with E-state index in [4.69, 9.17) is 14.2 Å². The lowest BCUT2D eigenvalue weighted by Crippen LogP contribution is -2.63. The van der Waals surface area contributed by atoms with Crippen molar-refractivity contribution in [3.8, 4) is 17.2 Å². The number of H-pyrrole nitrogens is 1. The van der Waals surface area contributed by atoms with Gasteiger partial charge in [-0.25, -0.2) is 22.5 Å². The number of carbonyl (C=O) groups is 1. The molecule has 17 heteroatoms. The smallest absolute Gasteiger partial charge is 0.297 e. The first-order valence-corrected chi connectivity index (χ1v) is 24.2. The number of aromatic nitrogens is 2. The second-order valence-corrected chi connectivity index (χ2v) is 20.5. The molecule has 5 aliphatic rings. The number of pyridine rings is 1. The normalized spacial score (nSPS) is 22.3. The number of sulfonamides is 1. The Hall–Kier alpha value is -5.78. The Balaban J connectivity index is 0.869. The van der Waals surface area contributed by atoms with Crippen molar-refractivity contribution < 1.29 is 36.7 Å². The number of anilines is 2. The second-order valence-electron chi connectivity index (χ2n) is 18.8. The lowest BCUT2D eigenvalue weighted by molar-refractivity contribution is -0.384. The Morgan fingerprint density at radius 1 is 1.05 bits per heavy atom. The number of piperidine rings is 1. The summed E-state index contributed by atoms with van der Waals surface area (Å²) in [5.74, 6) is -0.202. The average molecular weight is 908 g/mol. The average Bonchev–Trinajstić information content (AvgIpc) is 3.94. The van der Waals surface area contributed by atoms with E-state index in [9.17, 15) is 27.7 Å². The maximum atomic E-state index is 14.6. The number of halogens is 1. The van der Waals surface area contributed by atoms with Gasteiger partial charge in [-0.15, -0.1) is 0 Å². The van der Waals surface area contributed by atoms with Gasteiger partial charge in [0.05, 0.1) is 33.0 Å². The molecule has 3 N–H and O–H groups in total. The summed E-state index contributed by atoms with van der Waals surface area (Å²) in [4.78, 5) is 37.2. The Kier molecular flexibility index (Phi) is 11.4. The summed E-state index contributed by atoms with van der Waals surface area (Å²) in [5, 5.41) is 15.7. The van der Waals surface area contributed by atoms with Gasteiger partial charge in [0.15, 0.2) is 11.4 Å². The lowest BCUT2D eigenvalue weighted by Gasteiger charge is -2.57. The molecule has 3 aromatic carbocycles. The maximum absolute atomic E-state index is 14.6. The molecule has 2 aromatic heterocycles. The molecule has 4 aliphatic heterocycles. The number of fused-ring (bicyclic) bond motifs is 2. The molecule has 15 nitrogen and oxygen atoms in total. The third-order valence-corrected chi connectivity index (χ3v) is 15.8. The number of ether oxygens (including phenoxy) is 3. The fourth-order valence-corrected chi connectivity index (χ4v) is 12.0. The minimum atomic E-state index is -4.69. The number of carbonyl (C=O) groups excluding carboxylic acids is 1. The highest BCUT2D eigenvalue weighted by atomic mass is 32.2. The van der Waals surface area contributed by atoms with Crippen molar-refractivity contribution >= 4 is 44.0 Å². The molecule has 1 aliphatic carbocycles. The largest absolute Gasteiger partial charge is 0.489 e. The molecule has 1 amide bonds. The Bertz CT molecular complexity index is 2740. The molecular weight excluding hydrogens is 854 g/mol. The zero-order valence-electron chi connectivity index (χ0n) is 36.6. The number of hydrogen-bond acceptors (Lipinski definition) is 12. The predicted molar refractivity (Wildman–Crippen MR) is 243 cm³/mol. The van der Waals surface area contributed by atoms with E-state index < -0.39 is 37.3 Å². The highest BCUT2D eigenvalue weighted by molar-refractivity contribution is 7.90. The highest BCUT2D eigenvalue weighted by Crippen LogP contribution is 2.49. The number of rotatable bonds is 11. The van der Waals surface area contributed by atoms with Crippen molar-refractivity contribution in [1.82, 2.24) is 19.6 Å². The molecule has 3 saturated heterocycles. The van der Waals surface area contributed by atoms with E-state index in [-0.39, 0.29) is 57.9 Å². The molecule has 1 unspecified atom stereocenters. The van der Waals surface area contributed by atoms with E-state index in [1.54, 1.807) is 12.1 Å². The van der Waals surface area contributed by atoms with Crippen LogP contribution in [0, 0.1) is 27.3 Å². The summed E-state index contributed by atoms with van der Waals surface area (Å²) in [7, 11) is -4.69. The SMILES string of the molecule is CC(C)c1ccccc1[C@H]1CCCC1N1CC2(CCN(c3ccc(C(=O)NS(=O)(=O)c4cc5c(c([N+](=O)[O-])c4)N[C@@H](C4CCOCC4)CO5)c(Oc4cnc5[nH]cc(F)c5c4)c3)CC2)C1. The molecule has 0 radical (unpaired) electrons. The van der Waals surface area contributed by atoms with Crippen LogP contribution in [0.2, 0.25) is 0 Å². The minimum absolute atomic E-state index is 0.00310. The number of aromatic amines is 1. The highest BCUT2D eigenvalue weighted by Gasteiger charge is 2.49. The molecule has 4 fully saturated rings. The van der Waals surface area contributed by atoms with Crippen LogP contribution < -0.4 is 24.4 Å². The molecule has 10 rings (SSSR count). The molecule has 6 heterocycles. The van der Waals surface area contributed by atoms with Crippen molar-refractivity contribution in [2.24, 2.45) is 11.3 Å². The Morgan fingerprint density at radius 3 is 2.60 bits per heavy atom. The summed E-state index contributed by atoms with van der Waals surface area (Å²) < 4.78 is 62.2. The molecule has 1 saturated carbocycles. The van der Waals surface area contributed by atoms with Crippen LogP contribution in [-0.2, 0) is 14.8 Å². The van der Waals surface area contributed by atoms with Gasteiger partial charge in [0.2, 0.25) is 0 Å². The van der Waals surface area contributed by atoms with Gasteiger partial charge in [-0.05, 0) is 91.0 Å². The number of benzene rings is 3. The number of nitro groups is 1. The van der Waals surface area contributed by atoms with Gasteiger partial charge in [-0.1, -0.05) is 44.5 Å². The lowest BCUT2D eigenvalue weighted by atomic mass is 9.70. The summed E-state index contributed by atoms with van der Waals surface area (Å²) in [6.07, 6.45) is 9.78. The van der Waals surface area contributed by atoms with Crippen LogP contribution in [0.1, 0.15) is 92.1 Å². The topological polar surface area (TPSA) is 181 Å². The summed E-state index contributed by atoms with van der Waals surface area (Å²) in [6.45, 7) is 9.61. The minimum Gasteiger partial charge on any atom is -0.489 e. The molecule has 1 spiro atoms. The first-order chi connectivity index (χ1) is 31.3. The first kappa shape index (κ1) is 43.1. The van der Waals surface area contributed by atoms with Gasteiger partial charge in [-0.3, -0.25) is 19.8 Å². The van der Waals surface area contributed by atoms with Gasteiger partial charge < -0.3 is 29.4 Å². The Morgan fingerprint density at radius 2 is 1.83 bits per heavy atom. The molecule has 0 bridgehead atoms.